The third-order valence-electron chi connectivity index (χ3n) is 5.74. The lowest BCUT2D eigenvalue weighted by atomic mass is 9.65. The molecule has 1 aromatic rings. The topological polar surface area (TPSA) is 60.8 Å². The molecule has 2 N–H and O–H groups in total. The van der Waals surface area contributed by atoms with Gasteiger partial charge < -0.3 is 15.1 Å². The SMILES string of the molecule is CC1CC(O)(c2ccccc2)C2CCCCC2N1C.CCC(=O)O.Cl. The number of aliphatic hydroxyl groups is 1. The third kappa shape index (κ3) is 4.96. The van der Waals surface area contributed by atoms with E-state index in [1.54, 1.807) is 6.92 Å². The Bertz CT molecular complexity index is 539. The number of rotatable bonds is 2. The van der Waals surface area contributed by atoms with Crippen molar-refractivity contribution in [3.05, 3.63) is 35.9 Å². The molecule has 0 radical (unpaired) electrons. The molecule has 4 unspecified atom stereocenters. The predicted molar refractivity (Wildman–Crippen MR) is 103 cm³/mol. The van der Waals surface area contributed by atoms with Gasteiger partial charge in [0.1, 0.15) is 0 Å². The zero-order chi connectivity index (χ0) is 17.7. The van der Waals surface area contributed by atoms with Crippen LogP contribution < -0.4 is 0 Å². The predicted octanol–water partition coefficient (Wildman–Crippen LogP) is 4.06. The molecule has 1 heterocycles. The van der Waals surface area contributed by atoms with Gasteiger partial charge in [0.25, 0.3) is 0 Å². The lowest BCUT2D eigenvalue weighted by Gasteiger charge is -2.54. The summed E-state index contributed by atoms with van der Waals surface area (Å²) in [4.78, 5) is 11.9. The molecule has 5 heteroatoms. The molecule has 1 aliphatic carbocycles. The number of nitrogens with zero attached hydrogens (tertiary/aromatic N) is 1. The number of benzene rings is 1. The number of carbonyl (C=O) groups is 1. The number of likely N-dealkylation sites (tertiary alicyclic amines) is 1. The molecule has 1 aromatic carbocycles. The highest BCUT2D eigenvalue weighted by Crippen LogP contribution is 2.48. The number of hydrogen-bond donors (Lipinski definition) is 2. The van der Waals surface area contributed by atoms with Gasteiger partial charge in [-0.15, -0.1) is 12.4 Å². The van der Waals surface area contributed by atoms with Crippen LogP contribution in [-0.2, 0) is 10.4 Å². The minimum Gasteiger partial charge on any atom is -0.481 e. The maximum absolute atomic E-state index is 11.4. The first kappa shape index (κ1) is 21.9. The van der Waals surface area contributed by atoms with Crippen molar-refractivity contribution in [3.63, 3.8) is 0 Å². The van der Waals surface area contributed by atoms with E-state index < -0.39 is 11.6 Å². The molecule has 0 aromatic heterocycles. The number of carboxylic acid groups (broad SMARTS) is 1. The zero-order valence-electron chi connectivity index (χ0n) is 15.5. The second-order valence-corrected chi connectivity index (χ2v) is 7.21. The van der Waals surface area contributed by atoms with E-state index in [-0.39, 0.29) is 18.8 Å². The Morgan fingerprint density at radius 1 is 1.24 bits per heavy atom. The van der Waals surface area contributed by atoms with Gasteiger partial charge in [-0.05, 0) is 38.8 Å². The molecule has 3 rings (SSSR count). The van der Waals surface area contributed by atoms with Gasteiger partial charge in [-0.2, -0.15) is 0 Å². The molecule has 25 heavy (non-hydrogen) atoms. The molecule has 0 amide bonds. The van der Waals surface area contributed by atoms with Gasteiger partial charge in [0.2, 0.25) is 0 Å². The van der Waals surface area contributed by atoms with Crippen molar-refractivity contribution in [2.24, 2.45) is 5.92 Å². The van der Waals surface area contributed by atoms with Crippen LogP contribution in [0.4, 0.5) is 0 Å². The van der Waals surface area contributed by atoms with E-state index in [4.69, 9.17) is 5.11 Å². The fourth-order valence-corrected chi connectivity index (χ4v) is 4.29. The summed E-state index contributed by atoms with van der Waals surface area (Å²) >= 11 is 0. The highest BCUT2D eigenvalue weighted by Gasteiger charge is 2.50. The fourth-order valence-electron chi connectivity index (χ4n) is 4.29. The van der Waals surface area contributed by atoms with Crippen LogP contribution in [0, 0.1) is 5.92 Å². The number of aliphatic carboxylic acids is 1. The Labute approximate surface area is 157 Å². The molecule has 2 fully saturated rings. The number of halogens is 1. The summed E-state index contributed by atoms with van der Waals surface area (Å²) in [6.45, 7) is 3.85. The summed E-state index contributed by atoms with van der Waals surface area (Å²) in [5.74, 6) is -0.352. The molecule has 2 aliphatic rings. The monoisotopic (exact) mass is 369 g/mol. The van der Waals surface area contributed by atoms with Crippen molar-refractivity contribution in [3.8, 4) is 0 Å². The molecule has 1 saturated heterocycles. The van der Waals surface area contributed by atoms with Crippen LogP contribution in [0.25, 0.3) is 0 Å². The Morgan fingerprint density at radius 2 is 1.80 bits per heavy atom. The molecule has 0 bridgehead atoms. The second kappa shape index (κ2) is 9.56. The van der Waals surface area contributed by atoms with Gasteiger partial charge in [-0.3, -0.25) is 4.79 Å². The quantitative estimate of drug-likeness (QED) is 0.825. The number of fused-ring (bicyclic) bond motifs is 1. The summed E-state index contributed by atoms with van der Waals surface area (Å²) in [6.07, 6.45) is 6.05. The average molecular weight is 370 g/mol. The molecule has 1 saturated carbocycles. The van der Waals surface area contributed by atoms with Crippen molar-refractivity contribution < 1.29 is 15.0 Å². The van der Waals surface area contributed by atoms with Crippen LogP contribution >= 0.6 is 12.4 Å². The molecular formula is C20H32ClNO3. The normalized spacial score (nSPS) is 31.8. The molecule has 1 aliphatic heterocycles. The lowest BCUT2D eigenvalue weighted by molar-refractivity contribution is -0.136. The summed E-state index contributed by atoms with van der Waals surface area (Å²) in [6, 6.07) is 11.3. The molecule has 4 atom stereocenters. The van der Waals surface area contributed by atoms with Crippen molar-refractivity contribution in [1.29, 1.82) is 0 Å². The van der Waals surface area contributed by atoms with Gasteiger partial charge in [0.05, 0.1) is 5.60 Å². The van der Waals surface area contributed by atoms with Crippen molar-refractivity contribution in [2.45, 2.75) is 70.1 Å². The average Bonchev–Trinajstić information content (AvgIpc) is 2.61. The molecule has 4 nitrogen and oxygen atoms in total. The van der Waals surface area contributed by atoms with E-state index in [1.807, 2.05) is 18.2 Å². The van der Waals surface area contributed by atoms with Crippen molar-refractivity contribution >= 4 is 18.4 Å². The Kier molecular flexibility index (Phi) is 8.39. The fraction of sp³-hybridized carbons (Fsp3) is 0.650. The Balaban J connectivity index is 0.000000462. The van der Waals surface area contributed by atoms with Gasteiger partial charge in [0.15, 0.2) is 0 Å². The highest BCUT2D eigenvalue weighted by atomic mass is 35.5. The maximum Gasteiger partial charge on any atom is 0.303 e. The van der Waals surface area contributed by atoms with E-state index in [1.165, 1.54) is 19.3 Å². The smallest absolute Gasteiger partial charge is 0.303 e. The third-order valence-corrected chi connectivity index (χ3v) is 5.74. The largest absolute Gasteiger partial charge is 0.481 e. The van der Waals surface area contributed by atoms with Gasteiger partial charge >= 0.3 is 5.97 Å². The highest BCUT2D eigenvalue weighted by molar-refractivity contribution is 5.85. The van der Waals surface area contributed by atoms with Crippen LogP contribution in [0.15, 0.2) is 30.3 Å². The summed E-state index contributed by atoms with van der Waals surface area (Å²) in [5, 5.41) is 19.1. The van der Waals surface area contributed by atoms with Crippen LogP contribution in [0.3, 0.4) is 0 Å². The Hall–Kier alpha value is -1.10. The lowest BCUT2D eigenvalue weighted by Crippen LogP contribution is -2.59. The first-order chi connectivity index (χ1) is 11.4. The van der Waals surface area contributed by atoms with Crippen LogP contribution in [0.5, 0.6) is 0 Å². The minimum atomic E-state index is -0.745. The van der Waals surface area contributed by atoms with E-state index in [2.05, 4.69) is 31.0 Å². The zero-order valence-corrected chi connectivity index (χ0v) is 16.3. The molecule has 0 spiro atoms. The number of piperidine rings is 1. The van der Waals surface area contributed by atoms with Gasteiger partial charge in [-0.25, -0.2) is 0 Å². The van der Waals surface area contributed by atoms with E-state index in [0.29, 0.717) is 18.0 Å². The van der Waals surface area contributed by atoms with E-state index in [9.17, 15) is 9.90 Å². The first-order valence-corrected chi connectivity index (χ1v) is 9.11. The Morgan fingerprint density at radius 3 is 2.36 bits per heavy atom. The number of carboxylic acids is 1. The summed E-state index contributed by atoms with van der Waals surface area (Å²) in [7, 11) is 2.23. The molecule has 142 valence electrons. The van der Waals surface area contributed by atoms with Crippen LogP contribution in [0.2, 0.25) is 0 Å². The first-order valence-electron chi connectivity index (χ1n) is 9.11. The van der Waals surface area contributed by atoms with Crippen molar-refractivity contribution in [2.75, 3.05) is 7.05 Å². The van der Waals surface area contributed by atoms with Gasteiger partial charge in [0, 0.05) is 24.4 Å². The van der Waals surface area contributed by atoms with Crippen LogP contribution in [0.1, 0.15) is 57.9 Å². The number of hydrogen-bond acceptors (Lipinski definition) is 3. The second-order valence-electron chi connectivity index (χ2n) is 7.21. The summed E-state index contributed by atoms with van der Waals surface area (Å²) in [5.41, 5.74) is 0.491. The van der Waals surface area contributed by atoms with Crippen molar-refractivity contribution in [1.82, 2.24) is 4.90 Å². The standard InChI is InChI=1S/C17H25NO.C3H6O2.ClH/c1-13-12-17(19,14-8-4-3-5-9-14)15-10-6-7-11-16(15)18(13)2;1-2-3(4)5;/h3-5,8-9,13,15-16,19H,6-7,10-12H2,1-2H3;2H2,1H3,(H,4,5);1H. The van der Waals surface area contributed by atoms with Crippen LogP contribution in [-0.4, -0.2) is 40.2 Å². The van der Waals surface area contributed by atoms with Gasteiger partial charge in [-0.1, -0.05) is 50.1 Å². The molecular weight excluding hydrogens is 338 g/mol. The van der Waals surface area contributed by atoms with E-state index >= 15 is 0 Å². The maximum atomic E-state index is 11.4. The van der Waals surface area contributed by atoms with E-state index in [0.717, 1.165) is 18.4 Å². The minimum absolute atomic E-state index is 0. The summed E-state index contributed by atoms with van der Waals surface area (Å²) < 4.78 is 0.